The van der Waals surface area contributed by atoms with Gasteiger partial charge in [0.2, 0.25) is 10.0 Å². The fraction of sp³-hybridized carbons (Fsp3) is 0.621. The maximum atomic E-state index is 13.4. The smallest absolute Gasteiger partial charge is 0.241 e. The largest absolute Gasteiger partial charge is 0.384 e. The first-order chi connectivity index (χ1) is 17.9. The lowest BCUT2D eigenvalue weighted by Gasteiger charge is -2.30. The number of pyridine rings is 1. The van der Waals surface area contributed by atoms with Crippen molar-refractivity contribution in [2.24, 2.45) is 5.41 Å². The van der Waals surface area contributed by atoms with E-state index in [9.17, 15) is 8.42 Å². The topological polar surface area (TPSA) is 83.6 Å². The van der Waals surface area contributed by atoms with Gasteiger partial charge in [-0.2, -0.15) is 0 Å². The van der Waals surface area contributed by atoms with Crippen LogP contribution in [-0.4, -0.2) is 64.2 Å². The third-order valence-corrected chi connectivity index (χ3v) is 9.23. The highest BCUT2D eigenvalue weighted by Crippen LogP contribution is 2.32. The molecule has 0 spiro atoms. The summed E-state index contributed by atoms with van der Waals surface area (Å²) in [4.78, 5) is 7.16. The van der Waals surface area contributed by atoms with E-state index < -0.39 is 10.0 Å². The zero-order valence-corrected chi connectivity index (χ0v) is 23.4. The molecule has 0 radical (unpaired) electrons. The number of sulfonamides is 1. The van der Waals surface area contributed by atoms with Crippen LogP contribution in [0.15, 0.2) is 47.1 Å². The lowest BCUT2D eigenvalue weighted by Crippen LogP contribution is -2.36. The molecule has 0 saturated carbocycles. The molecular weight excluding hydrogens is 484 g/mol. The molecule has 8 heteroatoms. The van der Waals surface area contributed by atoms with E-state index >= 15 is 0 Å². The Morgan fingerprint density at radius 2 is 1.81 bits per heavy atom. The number of fused-ring (bicyclic) bond motifs is 1. The van der Waals surface area contributed by atoms with E-state index in [-0.39, 0.29) is 5.41 Å². The number of nitrogens with one attached hydrogen (secondary N) is 2. The van der Waals surface area contributed by atoms with Crippen molar-refractivity contribution in [1.82, 2.24) is 14.6 Å². The minimum Gasteiger partial charge on any atom is -0.384 e. The van der Waals surface area contributed by atoms with Gasteiger partial charge < -0.3 is 15.0 Å². The summed E-state index contributed by atoms with van der Waals surface area (Å²) in [5, 5.41) is 5.05. The molecule has 0 atom stereocenters. The van der Waals surface area contributed by atoms with Crippen LogP contribution in [0.2, 0.25) is 0 Å². The predicted octanol–water partition coefficient (Wildman–Crippen LogP) is 5.34. The molecule has 0 bridgehead atoms. The molecule has 3 heterocycles. The van der Waals surface area contributed by atoms with Crippen molar-refractivity contribution >= 4 is 26.5 Å². The van der Waals surface area contributed by atoms with Crippen LogP contribution in [0.3, 0.4) is 0 Å². The molecule has 1 saturated heterocycles. The molecular formula is C29H44N4O3S. The molecule has 2 aromatic rings. The molecule has 0 aliphatic carbocycles. The van der Waals surface area contributed by atoms with Gasteiger partial charge in [-0.15, -0.1) is 0 Å². The molecule has 0 amide bonds. The number of hydrogen-bond acceptors (Lipinski definition) is 6. The Balaban J connectivity index is 1.31. The molecule has 2 N–H and O–H groups in total. The van der Waals surface area contributed by atoms with Gasteiger partial charge in [-0.3, -0.25) is 4.98 Å². The van der Waals surface area contributed by atoms with Crippen molar-refractivity contribution in [3.05, 3.63) is 42.2 Å². The number of hydrogen-bond donors (Lipinski definition) is 2. The van der Waals surface area contributed by atoms with Crippen molar-refractivity contribution in [2.75, 3.05) is 51.3 Å². The summed E-state index contributed by atoms with van der Waals surface area (Å²) < 4.78 is 35.0. The number of aromatic nitrogens is 1. The van der Waals surface area contributed by atoms with E-state index in [0.717, 1.165) is 30.5 Å². The summed E-state index contributed by atoms with van der Waals surface area (Å²) in [6, 6.07) is 5.38. The Morgan fingerprint density at radius 3 is 2.59 bits per heavy atom. The van der Waals surface area contributed by atoms with E-state index in [1.807, 2.05) is 6.07 Å². The molecule has 2 aliphatic heterocycles. The average molecular weight is 529 g/mol. The Morgan fingerprint density at radius 1 is 1.03 bits per heavy atom. The van der Waals surface area contributed by atoms with Gasteiger partial charge in [0, 0.05) is 41.9 Å². The fourth-order valence-corrected chi connectivity index (χ4v) is 6.80. The second kappa shape index (κ2) is 13.2. The Labute approximate surface area is 223 Å². The number of benzene rings is 1. The Bertz CT molecular complexity index is 1160. The van der Waals surface area contributed by atoms with Crippen LogP contribution in [0, 0.1) is 5.41 Å². The Hall–Kier alpha value is -2.00. The van der Waals surface area contributed by atoms with Crippen LogP contribution in [0.5, 0.6) is 0 Å². The second-order valence-electron chi connectivity index (χ2n) is 11.0. The normalized spacial score (nSPS) is 17.3. The number of anilines is 1. The van der Waals surface area contributed by atoms with Crippen molar-refractivity contribution in [3.8, 4) is 0 Å². The van der Waals surface area contributed by atoms with E-state index in [0.29, 0.717) is 30.0 Å². The second-order valence-corrected chi connectivity index (χ2v) is 12.8. The van der Waals surface area contributed by atoms with Gasteiger partial charge in [0.05, 0.1) is 18.1 Å². The van der Waals surface area contributed by atoms with Gasteiger partial charge in [-0.1, -0.05) is 44.8 Å². The summed E-state index contributed by atoms with van der Waals surface area (Å²) >= 11 is 0. The average Bonchev–Trinajstić information content (AvgIpc) is 3.43. The van der Waals surface area contributed by atoms with Crippen LogP contribution >= 0.6 is 0 Å². The van der Waals surface area contributed by atoms with Gasteiger partial charge in [-0.25, -0.2) is 13.1 Å². The van der Waals surface area contributed by atoms with Gasteiger partial charge in [0.1, 0.15) is 0 Å². The maximum Gasteiger partial charge on any atom is 0.241 e. The van der Waals surface area contributed by atoms with E-state index in [4.69, 9.17) is 4.74 Å². The molecule has 2 aliphatic rings. The standard InChI is InChI=1S/C29H44N4O3S/c1-29(2,24-13-20-36-21-14-24)23-32-37(34,35)28-11-10-27(26-22-30-16-12-25(26)28)31-15-6-4-3-5-7-17-33-18-8-9-19-33/h10-13,16,22,31-32H,3-9,14-15,17-21,23H2,1-2H3. The zero-order chi connectivity index (χ0) is 26.1. The van der Waals surface area contributed by atoms with Gasteiger partial charge >= 0.3 is 0 Å². The number of ether oxygens (including phenoxy) is 1. The molecule has 1 fully saturated rings. The third-order valence-electron chi connectivity index (χ3n) is 7.77. The van der Waals surface area contributed by atoms with Gasteiger partial charge in [-0.05, 0) is 75.4 Å². The van der Waals surface area contributed by atoms with Gasteiger partial charge in [0.15, 0.2) is 0 Å². The minimum absolute atomic E-state index is 0.274. The zero-order valence-electron chi connectivity index (χ0n) is 22.6. The van der Waals surface area contributed by atoms with Crippen molar-refractivity contribution in [3.63, 3.8) is 0 Å². The third kappa shape index (κ3) is 7.76. The first kappa shape index (κ1) is 28.0. The highest BCUT2D eigenvalue weighted by atomic mass is 32.2. The highest BCUT2D eigenvalue weighted by molar-refractivity contribution is 7.89. The molecule has 7 nitrogen and oxygen atoms in total. The number of rotatable bonds is 14. The number of nitrogens with zero attached hydrogens (tertiary/aromatic N) is 2. The van der Waals surface area contributed by atoms with E-state index in [1.54, 1.807) is 24.5 Å². The summed E-state index contributed by atoms with van der Waals surface area (Å²) in [5.41, 5.74) is 1.90. The van der Waals surface area contributed by atoms with Crippen LogP contribution in [0.1, 0.15) is 65.2 Å². The van der Waals surface area contributed by atoms with Crippen LogP contribution in [0.4, 0.5) is 5.69 Å². The summed E-state index contributed by atoms with van der Waals surface area (Å²) in [6.45, 7) is 10.5. The van der Waals surface area contributed by atoms with Gasteiger partial charge in [0.25, 0.3) is 0 Å². The maximum absolute atomic E-state index is 13.4. The molecule has 204 valence electrons. The monoisotopic (exact) mass is 528 g/mol. The number of likely N-dealkylation sites (tertiary alicyclic amines) is 1. The van der Waals surface area contributed by atoms with Crippen LogP contribution in [-0.2, 0) is 14.8 Å². The van der Waals surface area contributed by atoms with Crippen molar-refractivity contribution in [2.45, 2.75) is 70.1 Å². The lowest BCUT2D eigenvalue weighted by molar-refractivity contribution is 0.146. The van der Waals surface area contributed by atoms with E-state index in [2.05, 4.69) is 39.8 Å². The van der Waals surface area contributed by atoms with Crippen LogP contribution in [0.25, 0.3) is 10.8 Å². The summed E-state index contributed by atoms with van der Waals surface area (Å²) in [7, 11) is -3.69. The van der Waals surface area contributed by atoms with Crippen molar-refractivity contribution in [1.29, 1.82) is 0 Å². The predicted molar refractivity (Wildman–Crippen MR) is 151 cm³/mol. The summed E-state index contributed by atoms with van der Waals surface area (Å²) in [5.74, 6) is 0. The van der Waals surface area contributed by atoms with Crippen LogP contribution < -0.4 is 10.0 Å². The molecule has 4 rings (SSSR count). The first-order valence-electron chi connectivity index (χ1n) is 14.0. The molecule has 1 aromatic heterocycles. The number of unbranched alkanes of at least 4 members (excludes halogenated alkanes) is 4. The SMILES string of the molecule is CC(C)(CNS(=O)(=O)c1ccc(NCCCCCCCN2CCCC2)c2cnccc12)C1=CCOCC1. The summed E-state index contributed by atoms with van der Waals surface area (Å²) in [6.07, 6.45) is 15.2. The first-order valence-corrected chi connectivity index (χ1v) is 15.4. The van der Waals surface area contributed by atoms with E-state index in [1.165, 1.54) is 63.7 Å². The fourth-order valence-electron chi connectivity index (χ4n) is 5.38. The Kier molecular flexibility index (Phi) is 9.98. The molecule has 37 heavy (non-hydrogen) atoms. The van der Waals surface area contributed by atoms with Crippen molar-refractivity contribution < 1.29 is 13.2 Å². The highest BCUT2D eigenvalue weighted by Gasteiger charge is 2.28. The lowest BCUT2D eigenvalue weighted by atomic mass is 9.82. The molecule has 0 unspecified atom stereocenters. The molecule has 1 aromatic carbocycles. The minimum atomic E-state index is -3.69. The quantitative estimate of drug-likeness (QED) is 0.254.